The van der Waals surface area contributed by atoms with Crippen molar-refractivity contribution in [1.29, 1.82) is 0 Å². The van der Waals surface area contributed by atoms with Crippen LogP contribution in [0.5, 0.6) is 5.75 Å². The van der Waals surface area contributed by atoms with Gasteiger partial charge in [0, 0.05) is 25.0 Å². The third-order valence-corrected chi connectivity index (χ3v) is 3.32. The van der Waals surface area contributed by atoms with E-state index in [4.69, 9.17) is 19.1 Å². The molecule has 5 heteroatoms. The molecule has 0 aliphatic carbocycles. The van der Waals surface area contributed by atoms with Gasteiger partial charge in [0.1, 0.15) is 12.4 Å². The van der Waals surface area contributed by atoms with Crippen molar-refractivity contribution in [3.8, 4) is 5.75 Å². The van der Waals surface area contributed by atoms with Crippen LogP contribution in [-0.2, 0) is 11.2 Å². The minimum absolute atomic E-state index is 0.0582. The summed E-state index contributed by atoms with van der Waals surface area (Å²) in [6, 6.07) is 5.62. The molecule has 0 bridgehead atoms. The molecule has 1 aliphatic heterocycles. The molecule has 1 saturated heterocycles. The molecule has 1 N–H and O–H groups in total. The van der Waals surface area contributed by atoms with Crippen LogP contribution in [0.15, 0.2) is 22.7 Å². The van der Waals surface area contributed by atoms with Crippen LogP contribution in [0.1, 0.15) is 18.5 Å². The van der Waals surface area contributed by atoms with E-state index in [1.165, 1.54) is 0 Å². The zero-order chi connectivity index (χ0) is 13.1. The summed E-state index contributed by atoms with van der Waals surface area (Å²) in [5, 5.41) is 13.8. The lowest BCUT2D eigenvalue weighted by Crippen LogP contribution is -2.16. The molecule has 19 heavy (non-hydrogen) atoms. The molecular formula is C14H17NO4. The summed E-state index contributed by atoms with van der Waals surface area (Å²) in [5.74, 6) is 0.783. The van der Waals surface area contributed by atoms with Crippen LogP contribution in [0, 0.1) is 0 Å². The van der Waals surface area contributed by atoms with Gasteiger partial charge in [-0.25, -0.2) is 0 Å². The van der Waals surface area contributed by atoms with Gasteiger partial charge in [-0.1, -0.05) is 5.16 Å². The van der Waals surface area contributed by atoms with Crippen molar-refractivity contribution in [3.63, 3.8) is 0 Å². The maximum Gasteiger partial charge on any atom is 0.167 e. The van der Waals surface area contributed by atoms with Crippen LogP contribution in [-0.4, -0.2) is 36.2 Å². The molecule has 102 valence electrons. The smallest absolute Gasteiger partial charge is 0.167 e. The molecular weight excluding hydrogens is 246 g/mol. The Hall–Kier alpha value is -1.59. The molecule has 5 nitrogen and oxygen atoms in total. The Kier molecular flexibility index (Phi) is 3.66. The van der Waals surface area contributed by atoms with Crippen molar-refractivity contribution in [2.75, 3.05) is 19.8 Å². The number of aliphatic hydroxyl groups excluding tert-OH is 1. The second kappa shape index (κ2) is 5.59. The first-order valence-corrected chi connectivity index (χ1v) is 6.60. The molecule has 2 aromatic rings. The Bertz CT molecular complexity index is 545. The number of ether oxygens (including phenoxy) is 2. The predicted octanol–water partition coefficient (Wildman–Crippen LogP) is 1.92. The fourth-order valence-electron chi connectivity index (χ4n) is 2.31. The van der Waals surface area contributed by atoms with Crippen LogP contribution in [0.2, 0.25) is 0 Å². The number of aromatic nitrogens is 1. The molecule has 0 radical (unpaired) electrons. The van der Waals surface area contributed by atoms with E-state index in [2.05, 4.69) is 5.16 Å². The van der Waals surface area contributed by atoms with Gasteiger partial charge in [-0.05, 0) is 31.0 Å². The second-order valence-electron chi connectivity index (χ2n) is 4.71. The lowest BCUT2D eigenvalue weighted by molar-refractivity contribution is 0.0680. The van der Waals surface area contributed by atoms with Gasteiger partial charge in [0.2, 0.25) is 0 Å². The number of aliphatic hydroxyl groups is 1. The van der Waals surface area contributed by atoms with Gasteiger partial charge in [-0.3, -0.25) is 0 Å². The number of hydrogen-bond acceptors (Lipinski definition) is 5. The van der Waals surface area contributed by atoms with Gasteiger partial charge in [0.15, 0.2) is 5.58 Å². The van der Waals surface area contributed by atoms with E-state index >= 15 is 0 Å². The summed E-state index contributed by atoms with van der Waals surface area (Å²) in [4.78, 5) is 0. The Morgan fingerprint density at radius 2 is 2.37 bits per heavy atom. The molecule has 1 aromatic carbocycles. The van der Waals surface area contributed by atoms with Gasteiger partial charge in [0.05, 0.1) is 11.8 Å². The minimum atomic E-state index is 0.0582. The zero-order valence-electron chi connectivity index (χ0n) is 10.7. The second-order valence-corrected chi connectivity index (χ2v) is 4.71. The number of nitrogens with zero attached hydrogens (tertiary/aromatic N) is 1. The van der Waals surface area contributed by atoms with Crippen molar-refractivity contribution in [1.82, 2.24) is 5.16 Å². The zero-order valence-corrected chi connectivity index (χ0v) is 10.7. The molecule has 1 aliphatic rings. The van der Waals surface area contributed by atoms with Crippen molar-refractivity contribution < 1.29 is 19.1 Å². The van der Waals surface area contributed by atoms with E-state index in [0.29, 0.717) is 18.6 Å². The summed E-state index contributed by atoms with van der Waals surface area (Å²) in [7, 11) is 0. The quantitative estimate of drug-likeness (QED) is 0.892. The molecule has 3 rings (SSSR count). The molecule has 1 fully saturated rings. The molecule has 0 saturated carbocycles. The van der Waals surface area contributed by atoms with Crippen molar-refractivity contribution in [2.45, 2.75) is 25.4 Å². The predicted molar refractivity (Wildman–Crippen MR) is 69.3 cm³/mol. The number of benzene rings is 1. The lowest BCUT2D eigenvalue weighted by atomic mass is 10.1. The summed E-state index contributed by atoms with van der Waals surface area (Å²) >= 11 is 0. The van der Waals surface area contributed by atoms with E-state index in [1.807, 2.05) is 18.2 Å². The van der Waals surface area contributed by atoms with Crippen LogP contribution >= 0.6 is 0 Å². The van der Waals surface area contributed by atoms with Crippen molar-refractivity contribution >= 4 is 11.0 Å². The summed E-state index contributed by atoms with van der Waals surface area (Å²) in [5.41, 5.74) is 1.48. The van der Waals surface area contributed by atoms with Gasteiger partial charge in [-0.15, -0.1) is 0 Å². The van der Waals surface area contributed by atoms with E-state index in [-0.39, 0.29) is 12.7 Å². The summed E-state index contributed by atoms with van der Waals surface area (Å²) < 4.78 is 16.5. The molecule has 1 aromatic heterocycles. The van der Waals surface area contributed by atoms with Gasteiger partial charge >= 0.3 is 0 Å². The highest BCUT2D eigenvalue weighted by molar-refractivity contribution is 5.81. The Morgan fingerprint density at radius 1 is 1.42 bits per heavy atom. The summed E-state index contributed by atoms with van der Waals surface area (Å²) in [6.07, 6.45) is 2.86. The third kappa shape index (κ3) is 2.72. The normalized spacial score (nSPS) is 19.1. The van der Waals surface area contributed by atoms with Crippen molar-refractivity contribution in [3.05, 3.63) is 23.9 Å². The molecule has 0 spiro atoms. The average molecular weight is 263 g/mol. The standard InChI is InChI=1S/C14H17NO4/c16-6-5-13-12-8-10(3-4-14(12)19-15-13)18-9-11-2-1-7-17-11/h3-4,8,11,16H,1-2,5-7,9H2. The van der Waals surface area contributed by atoms with E-state index in [9.17, 15) is 0 Å². The van der Waals surface area contributed by atoms with E-state index in [1.54, 1.807) is 0 Å². The van der Waals surface area contributed by atoms with E-state index < -0.39 is 0 Å². The minimum Gasteiger partial charge on any atom is -0.491 e. The Morgan fingerprint density at radius 3 is 3.16 bits per heavy atom. The molecule has 2 heterocycles. The Balaban J connectivity index is 1.73. The van der Waals surface area contributed by atoms with Gasteiger partial charge in [-0.2, -0.15) is 0 Å². The maximum atomic E-state index is 8.98. The molecule has 1 unspecified atom stereocenters. The first-order chi connectivity index (χ1) is 9.36. The van der Waals surface area contributed by atoms with Crippen LogP contribution in [0.3, 0.4) is 0 Å². The fourth-order valence-corrected chi connectivity index (χ4v) is 2.31. The average Bonchev–Trinajstić information content (AvgIpc) is 3.07. The summed E-state index contributed by atoms with van der Waals surface area (Å²) in [6.45, 7) is 1.47. The molecule has 1 atom stereocenters. The fraction of sp³-hybridized carbons (Fsp3) is 0.500. The SMILES string of the molecule is OCCc1noc2ccc(OCC3CCCO3)cc12. The highest BCUT2D eigenvalue weighted by Crippen LogP contribution is 2.25. The number of rotatable bonds is 5. The largest absolute Gasteiger partial charge is 0.491 e. The highest BCUT2D eigenvalue weighted by atomic mass is 16.5. The van der Waals surface area contributed by atoms with Crippen LogP contribution in [0.4, 0.5) is 0 Å². The maximum absolute atomic E-state index is 8.98. The topological polar surface area (TPSA) is 64.7 Å². The monoisotopic (exact) mass is 263 g/mol. The first kappa shape index (κ1) is 12.4. The van der Waals surface area contributed by atoms with Gasteiger partial charge in [0.25, 0.3) is 0 Å². The first-order valence-electron chi connectivity index (χ1n) is 6.60. The van der Waals surface area contributed by atoms with Crippen LogP contribution in [0.25, 0.3) is 11.0 Å². The number of hydrogen-bond donors (Lipinski definition) is 1. The third-order valence-electron chi connectivity index (χ3n) is 3.32. The molecule has 0 amide bonds. The Labute approximate surface area is 111 Å². The highest BCUT2D eigenvalue weighted by Gasteiger charge is 2.16. The van der Waals surface area contributed by atoms with Crippen molar-refractivity contribution in [2.24, 2.45) is 0 Å². The van der Waals surface area contributed by atoms with E-state index in [0.717, 1.165) is 36.3 Å². The van der Waals surface area contributed by atoms with Crippen LogP contribution < -0.4 is 4.74 Å². The van der Waals surface area contributed by atoms with Gasteiger partial charge < -0.3 is 19.1 Å². The number of fused-ring (bicyclic) bond motifs is 1. The lowest BCUT2D eigenvalue weighted by Gasteiger charge is -2.11.